The second kappa shape index (κ2) is 6.30. The van der Waals surface area contributed by atoms with Crippen molar-refractivity contribution in [1.82, 2.24) is 0 Å². The molecule has 1 aromatic carbocycles. The lowest BCUT2D eigenvalue weighted by Crippen LogP contribution is -2.26. The average Bonchev–Trinajstić information content (AvgIpc) is 2.15. The molecule has 0 saturated carbocycles. The van der Waals surface area contributed by atoms with E-state index in [-0.39, 0.29) is 0 Å². The molecular formula is C10H9Cl3O3. The summed E-state index contributed by atoms with van der Waals surface area (Å²) in [5.41, 5.74) is 0. The molecule has 16 heavy (non-hydrogen) atoms. The van der Waals surface area contributed by atoms with Crippen molar-refractivity contribution in [2.75, 3.05) is 6.61 Å². The molecular weight excluding hydrogens is 274 g/mol. The molecule has 0 amide bonds. The van der Waals surface area contributed by atoms with E-state index < -0.39 is 11.5 Å². The molecule has 1 atom stereocenters. The van der Waals surface area contributed by atoms with Gasteiger partial charge in [0.05, 0.1) is 0 Å². The van der Waals surface area contributed by atoms with Crippen LogP contribution in [0.25, 0.3) is 0 Å². The van der Waals surface area contributed by atoms with Crippen molar-refractivity contribution >= 4 is 40.0 Å². The highest BCUT2D eigenvalue weighted by atomic mass is 35.5. The van der Waals surface area contributed by atoms with Gasteiger partial charge in [0.15, 0.2) is 0 Å². The van der Waals surface area contributed by atoms with Gasteiger partial charge in [-0.1, -0.05) is 23.2 Å². The van der Waals surface area contributed by atoms with Crippen molar-refractivity contribution in [3.8, 4) is 5.75 Å². The van der Waals surface area contributed by atoms with Crippen LogP contribution in [0.2, 0.25) is 10.0 Å². The van der Waals surface area contributed by atoms with Gasteiger partial charge in [-0.05, 0) is 36.7 Å². The molecule has 88 valence electrons. The molecule has 1 rings (SSSR count). The van der Waals surface area contributed by atoms with Gasteiger partial charge in [-0.15, -0.1) is 0 Å². The van der Waals surface area contributed by atoms with Crippen molar-refractivity contribution in [2.24, 2.45) is 0 Å². The van der Waals surface area contributed by atoms with Gasteiger partial charge in [-0.25, -0.2) is 0 Å². The quantitative estimate of drug-likeness (QED) is 0.613. The van der Waals surface area contributed by atoms with E-state index in [0.29, 0.717) is 22.4 Å². The molecule has 6 heteroatoms. The van der Waals surface area contributed by atoms with Gasteiger partial charge in [-0.3, -0.25) is 4.79 Å². The summed E-state index contributed by atoms with van der Waals surface area (Å²) in [7, 11) is 0. The zero-order valence-corrected chi connectivity index (χ0v) is 10.6. The molecule has 1 aromatic rings. The van der Waals surface area contributed by atoms with Gasteiger partial charge < -0.3 is 9.47 Å². The number of ether oxygens (including phenoxy) is 2. The molecule has 0 aliphatic heterocycles. The predicted molar refractivity (Wildman–Crippen MR) is 63.4 cm³/mol. The number of benzene rings is 1. The molecule has 0 aliphatic carbocycles. The second-order valence-corrected chi connectivity index (χ2v) is 4.06. The summed E-state index contributed by atoms with van der Waals surface area (Å²) in [6.07, 6.45) is -1.15. The highest BCUT2D eigenvalue weighted by Gasteiger charge is 2.18. The van der Waals surface area contributed by atoms with Gasteiger partial charge in [0.1, 0.15) is 5.75 Å². The van der Waals surface area contributed by atoms with E-state index in [1.807, 2.05) is 0 Å². The van der Waals surface area contributed by atoms with Gasteiger partial charge in [0, 0.05) is 16.7 Å². The number of rotatable bonds is 5. The van der Waals surface area contributed by atoms with Crippen LogP contribution >= 0.6 is 34.8 Å². The zero-order chi connectivity index (χ0) is 12.1. The molecule has 0 heterocycles. The monoisotopic (exact) mass is 282 g/mol. The Kier molecular flexibility index (Phi) is 5.35. The highest BCUT2D eigenvalue weighted by molar-refractivity contribution is 6.64. The third-order valence-corrected chi connectivity index (χ3v) is 2.20. The first-order valence-corrected chi connectivity index (χ1v) is 5.60. The Morgan fingerprint density at radius 2 is 1.88 bits per heavy atom. The number of hydrogen-bond acceptors (Lipinski definition) is 3. The van der Waals surface area contributed by atoms with Gasteiger partial charge in [0.2, 0.25) is 0 Å². The van der Waals surface area contributed by atoms with Crippen molar-refractivity contribution in [3.05, 3.63) is 28.2 Å². The molecule has 0 aromatic heterocycles. The standard InChI is InChI=1S/C10H9Cl3O3/c1-2-15-10(9(13)14)16-8-4-6(11)3-7(12)5-8/h3-5,10H,2H2,1H3. The van der Waals surface area contributed by atoms with E-state index in [9.17, 15) is 4.79 Å². The summed E-state index contributed by atoms with van der Waals surface area (Å²) in [5, 5.41) is 0.0671. The molecule has 0 aliphatic rings. The topological polar surface area (TPSA) is 35.5 Å². The molecule has 0 bridgehead atoms. The van der Waals surface area contributed by atoms with E-state index in [0.717, 1.165) is 0 Å². The summed E-state index contributed by atoms with van der Waals surface area (Å²) in [5.74, 6) is 0.324. The Morgan fingerprint density at radius 3 is 2.31 bits per heavy atom. The first-order chi connectivity index (χ1) is 7.52. The smallest absolute Gasteiger partial charge is 0.290 e. The summed E-state index contributed by atoms with van der Waals surface area (Å²) >= 11 is 16.8. The largest absolute Gasteiger partial charge is 0.456 e. The number of carbonyl (C=O) groups excluding carboxylic acids is 1. The van der Waals surface area contributed by atoms with E-state index in [1.54, 1.807) is 13.0 Å². The summed E-state index contributed by atoms with van der Waals surface area (Å²) in [6.45, 7) is 2.03. The summed E-state index contributed by atoms with van der Waals surface area (Å²) < 4.78 is 10.2. The Hall–Kier alpha value is -0.480. The minimum absolute atomic E-state index is 0.303. The lowest BCUT2D eigenvalue weighted by Gasteiger charge is -2.15. The van der Waals surface area contributed by atoms with Gasteiger partial charge in [0.25, 0.3) is 11.5 Å². The second-order valence-electron chi connectivity index (χ2n) is 2.81. The number of carbonyl (C=O) groups is 1. The van der Waals surface area contributed by atoms with Crippen molar-refractivity contribution < 1.29 is 14.3 Å². The lowest BCUT2D eigenvalue weighted by molar-refractivity contribution is -0.140. The first-order valence-electron chi connectivity index (χ1n) is 4.46. The van der Waals surface area contributed by atoms with Gasteiger partial charge in [-0.2, -0.15) is 0 Å². The van der Waals surface area contributed by atoms with Crippen LogP contribution in [0, 0.1) is 0 Å². The fourth-order valence-electron chi connectivity index (χ4n) is 1.02. The van der Waals surface area contributed by atoms with E-state index in [1.165, 1.54) is 12.1 Å². The predicted octanol–water partition coefficient (Wildman–Crippen LogP) is 3.50. The van der Waals surface area contributed by atoms with Crippen LogP contribution in [0.15, 0.2) is 18.2 Å². The van der Waals surface area contributed by atoms with Crippen LogP contribution < -0.4 is 4.74 Å². The first kappa shape index (κ1) is 13.6. The van der Waals surface area contributed by atoms with Crippen LogP contribution in [0.5, 0.6) is 5.75 Å². The fraction of sp³-hybridized carbons (Fsp3) is 0.300. The minimum atomic E-state index is -1.15. The Bertz CT molecular complexity index is 361. The molecule has 1 unspecified atom stereocenters. The maximum absolute atomic E-state index is 11.0. The van der Waals surface area contributed by atoms with Crippen LogP contribution in [-0.4, -0.2) is 18.1 Å². The third kappa shape index (κ3) is 4.18. The molecule has 0 N–H and O–H groups in total. The highest BCUT2D eigenvalue weighted by Crippen LogP contribution is 2.25. The fourth-order valence-corrected chi connectivity index (χ4v) is 1.63. The van der Waals surface area contributed by atoms with E-state index in [2.05, 4.69) is 0 Å². The molecule has 0 spiro atoms. The maximum Gasteiger partial charge on any atom is 0.290 e. The Labute approximate surface area is 108 Å². The molecule has 0 radical (unpaired) electrons. The minimum Gasteiger partial charge on any atom is -0.456 e. The van der Waals surface area contributed by atoms with Crippen LogP contribution in [-0.2, 0) is 9.53 Å². The third-order valence-electron chi connectivity index (χ3n) is 1.58. The number of halogens is 3. The van der Waals surface area contributed by atoms with Crippen LogP contribution in [0.3, 0.4) is 0 Å². The molecule has 0 fully saturated rings. The molecule has 3 nitrogen and oxygen atoms in total. The Balaban J connectivity index is 2.80. The molecule has 0 saturated heterocycles. The summed E-state index contributed by atoms with van der Waals surface area (Å²) in [4.78, 5) is 11.0. The normalized spacial score (nSPS) is 12.2. The van der Waals surface area contributed by atoms with E-state index in [4.69, 9.17) is 44.3 Å². The van der Waals surface area contributed by atoms with Crippen molar-refractivity contribution in [2.45, 2.75) is 13.2 Å². The van der Waals surface area contributed by atoms with Crippen LogP contribution in [0.4, 0.5) is 0 Å². The van der Waals surface area contributed by atoms with Crippen molar-refractivity contribution in [1.29, 1.82) is 0 Å². The zero-order valence-electron chi connectivity index (χ0n) is 8.38. The van der Waals surface area contributed by atoms with Crippen molar-refractivity contribution in [3.63, 3.8) is 0 Å². The van der Waals surface area contributed by atoms with Crippen LogP contribution in [0.1, 0.15) is 6.92 Å². The maximum atomic E-state index is 11.0. The number of hydrogen-bond donors (Lipinski definition) is 0. The summed E-state index contributed by atoms with van der Waals surface area (Å²) in [6, 6.07) is 4.58. The van der Waals surface area contributed by atoms with E-state index >= 15 is 0 Å². The SMILES string of the molecule is CCOC(Oc1cc(Cl)cc(Cl)c1)C(=O)Cl. The Morgan fingerprint density at radius 1 is 1.31 bits per heavy atom. The average molecular weight is 284 g/mol. The lowest BCUT2D eigenvalue weighted by atomic mass is 10.3. The van der Waals surface area contributed by atoms with Gasteiger partial charge >= 0.3 is 0 Å².